The van der Waals surface area contributed by atoms with Crippen LogP contribution in [0.15, 0.2) is 90.1 Å². The molecule has 1 heterocycles. The Labute approximate surface area is 167 Å². The molecule has 0 fully saturated rings. The summed E-state index contributed by atoms with van der Waals surface area (Å²) in [4.78, 5) is 1.93. The molecular weight excluding hydrogens is 372 g/mol. The van der Waals surface area contributed by atoms with Crippen molar-refractivity contribution in [3.05, 3.63) is 96.3 Å². The van der Waals surface area contributed by atoms with E-state index in [2.05, 4.69) is 66.3 Å². The second kappa shape index (κ2) is 9.82. The van der Waals surface area contributed by atoms with Gasteiger partial charge in [0, 0.05) is 6.08 Å². The van der Waals surface area contributed by atoms with E-state index < -0.39 is 10.1 Å². The molecule has 0 aliphatic carbocycles. The standard InChI is InChI=1S/C15H17N2.C7H8O3S/c1-16(2)15(17-11-7-4-8-12-17)13-14-9-5-3-6-10-14;1-6-2-4-7(5-3-6)11(8,9)10/h3-13H,1-2H3;2-5H,1H3,(H,8,9,10)/q+1;/p-1. The molecule has 5 nitrogen and oxygen atoms in total. The summed E-state index contributed by atoms with van der Waals surface area (Å²) in [5.74, 6) is 1.14. The lowest BCUT2D eigenvalue weighted by atomic mass is 10.2. The summed E-state index contributed by atoms with van der Waals surface area (Å²) in [5, 5.41) is 0. The molecule has 1 aromatic heterocycles. The average Bonchev–Trinajstić information content (AvgIpc) is 2.67. The number of hydrogen-bond acceptors (Lipinski definition) is 4. The SMILES string of the molecule is CN(C)C(=Cc1ccccc1)[n+]1ccccc1.Cc1ccc(S(=O)(=O)[O-])cc1. The Morgan fingerprint density at radius 2 is 1.43 bits per heavy atom. The smallest absolute Gasteiger partial charge is 0.281 e. The molecule has 0 bridgehead atoms. The van der Waals surface area contributed by atoms with Crippen LogP contribution in [0.3, 0.4) is 0 Å². The summed E-state index contributed by atoms with van der Waals surface area (Å²) in [7, 11) is -0.169. The van der Waals surface area contributed by atoms with Gasteiger partial charge in [-0.1, -0.05) is 54.1 Å². The fourth-order valence-electron chi connectivity index (χ4n) is 2.39. The molecule has 6 heteroatoms. The van der Waals surface area contributed by atoms with Crippen LogP contribution in [0.25, 0.3) is 11.9 Å². The summed E-state index contributed by atoms with van der Waals surface area (Å²) in [6, 6.07) is 22.2. The predicted octanol–water partition coefficient (Wildman–Crippen LogP) is 3.39. The molecule has 0 aliphatic rings. The minimum Gasteiger partial charge on any atom is -0.744 e. The van der Waals surface area contributed by atoms with E-state index in [1.54, 1.807) is 12.1 Å². The molecule has 0 amide bonds. The molecule has 0 atom stereocenters. The highest BCUT2D eigenvalue weighted by Gasteiger charge is 2.10. The molecule has 3 aromatic rings. The van der Waals surface area contributed by atoms with Crippen molar-refractivity contribution in [2.45, 2.75) is 11.8 Å². The van der Waals surface area contributed by atoms with Crippen LogP contribution >= 0.6 is 0 Å². The van der Waals surface area contributed by atoms with E-state index in [0.29, 0.717) is 0 Å². The Morgan fingerprint density at radius 1 is 0.893 bits per heavy atom. The quantitative estimate of drug-likeness (QED) is 0.501. The first-order valence-corrected chi connectivity index (χ1v) is 10.1. The van der Waals surface area contributed by atoms with Gasteiger partial charge in [-0.05, 0) is 36.8 Å². The predicted molar refractivity (Wildman–Crippen MR) is 110 cm³/mol. The first-order valence-electron chi connectivity index (χ1n) is 8.70. The highest BCUT2D eigenvalue weighted by Crippen LogP contribution is 2.09. The van der Waals surface area contributed by atoms with Crippen molar-refractivity contribution in [1.82, 2.24) is 4.90 Å². The van der Waals surface area contributed by atoms with Gasteiger partial charge in [-0.25, -0.2) is 13.0 Å². The van der Waals surface area contributed by atoms with Crippen LogP contribution in [0.1, 0.15) is 11.1 Å². The monoisotopic (exact) mass is 396 g/mol. The Hall–Kier alpha value is -2.96. The van der Waals surface area contributed by atoms with Crippen LogP contribution in [-0.4, -0.2) is 32.0 Å². The minimum atomic E-state index is -4.27. The van der Waals surface area contributed by atoms with Crippen LogP contribution in [0, 0.1) is 6.92 Å². The van der Waals surface area contributed by atoms with Crippen LogP contribution < -0.4 is 4.57 Å². The lowest BCUT2D eigenvalue weighted by Crippen LogP contribution is -2.38. The molecule has 0 unspecified atom stereocenters. The van der Waals surface area contributed by atoms with Gasteiger partial charge in [0.05, 0.1) is 31.4 Å². The topological polar surface area (TPSA) is 64.3 Å². The zero-order chi connectivity index (χ0) is 20.6. The van der Waals surface area contributed by atoms with Gasteiger partial charge in [-0.2, -0.15) is 0 Å². The molecule has 0 saturated carbocycles. The van der Waals surface area contributed by atoms with Crippen molar-refractivity contribution in [2.75, 3.05) is 14.1 Å². The van der Waals surface area contributed by atoms with E-state index in [0.717, 1.165) is 11.4 Å². The number of hydrogen-bond donors (Lipinski definition) is 0. The fourth-order valence-corrected chi connectivity index (χ4v) is 2.86. The molecule has 3 rings (SSSR count). The van der Waals surface area contributed by atoms with Crippen LogP contribution in [0.5, 0.6) is 0 Å². The average molecular weight is 397 g/mol. The van der Waals surface area contributed by atoms with Crippen molar-refractivity contribution in [1.29, 1.82) is 0 Å². The number of benzene rings is 2. The molecule has 0 radical (unpaired) electrons. The maximum atomic E-state index is 10.4. The van der Waals surface area contributed by atoms with E-state index in [-0.39, 0.29) is 4.90 Å². The fraction of sp³-hybridized carbons (Fsp3) is 0.136. The third-order valence-corrected chi connectivity index (χ3v) is 4.69. The Balaban J connectivity index is 0.000000221. The van der Waals surface area contributed by atoms with Crippen molar-refractivity contribution < 1.29 is 17.5 Å². The van der Waals surface area contributed by atoms with Gasteiger partial charge in [-0.3, -0.25) is 4.90 Å². The number of aromatic nitrogens is 1. The molecular formula is C22H24N2O3S. The molecule has 146 valence electrons. The highest BCUT2D eigenvalue weighted by molar-refractivity contribution is 7.85. The van der Waals surface area contributed by atoms with Gasteiger partial charge in [0.25, 0.3) is 5.82 Å². The summed E-state index contributed by atoms with van der Waals surface area (Å²) < 4.78 is 33.3. The normalized spacial score (nSPS) is 11.4. The van der Waals surface area contributed by atoms with Crippen molar-refractivity contribution in [3.8, 4) is 0 Å². The third-order valence-electron chi connectivity index (χ3n) is 3.84. The van der Waals surface area contributed by atoms with Gasteiger partial charge in [0.15, 0.2) is 0 Å². The van der Waals surface area contributed by atoms with Crippen molar-refractivity contribution in [3.63, 3.8) is 0 Å². The Bertz CT molecular complexity index is 999. The lowest BCUT2D eigenvalue weighted by Gasteiger charge is -2.10. The number of rotatable bonds is 4. The van der Waals surface area contributed by atoms with E-state index in [4.69, 9.17) is 0 Å². The third kappa shape index (κ3) is 6.64. The molecule has 28 heavy (non-hydrogen) atoms. The first kappa shape index (κ1) is 21.3. The number of nitrogens with zero attached hydrogens (tertiary/aromatic N) is 2. The first-order chi connectivity index (χ1) is 13.3. The summed E-state index contributed by atoms with van der Waals surface area (Å²) >= 11 is 0. The number of pyridine rings is 1. The summed E-state index contributed by atoms with van der Waals surface area (Å²) in [6.45, 7) is 1.82. The highest BCUT2D eigenvalue weighted by atomic mass is 32.2. The second-order valence-corrected chi connectivity index (χ2v) is 7.74. The van der Waals surface area contributed by atoms with Crippen molar-refractivity contribution >= 4 is 22.0 Å². The van der Waals surface area contributed by atoms with Crippen LogP contribution in [-0.2, 0) is 10.1 Å². The van der Waals surface area contributed by atoms with Crippen LogP contribution in [0.2, 0.25) is 0 Å². The molecule has 2 aromatic carbocycles. The summed E-state index contributed by atoms with van der Waals surface area (Å²) in [6.07, 6.45) is 6.27. The Kier molecular flexibility index (Phi) is 7.49. The van der Waals surface area contributed by atoms with E-state index >= 15 is 0 Å². The second-order valence-electron chi connectivity index (χ2n) is 6.36. The maximum absolute atomic E-state index is 10.4. The molecule has 0 N–H and O–H groups in total. The van der Waals surface area contributed by atoms with Gasteiger partial charge in [0.1, 0.15) is 10.1 Å². The minimum absolute atomic E-state index is 0.178. The zero-order valence-electron chi connectivity index (χ0n) is 16.2. The molecule has 0 aliphatic heterocycles. The maximum Gasteiger partial charge on any atom is 0.281 e. The van der Waals surface area contributed by atoms with Crippen LogP contribution in [0.4, 0.5) is 0 Å². The number of aryl methyl sites for hydroxylation is 1. The lowest BCUT2D eigenvalue weighted by molar-refractivity contribution is -0.590. The van der Waals surface area contributed by atoms with E-state index in [1.165, 1.54) is 17.7 Å². The molecule has 0 spiro atoms. The van der Waals surface area contributed by atoms with Gasteiger partial charge in [-0.15, -0.1) is 0 Å². The van der Waals surface area contributed by atoms with E-state index in [9.17, 15) is 13.0 Å². The Morgan fingerprint density at radius 3 is 1.93 bits per heavy atom. The van der Waals surface area contributed by atoms with Gasteiger partial charge >= 0.3 is 0 Å². The zero-order valence-corrected chi connectivity index (χ0v) is 17.0. The van der Waals surface area contributed by atoms with E-state index in [1.807, 2.05) is 31.2 Å². The molecule has 0 saturated heterocycles. The van der Waals surface area contributed by atoms with Crippen molar-refractivity contribution in [2.24, 2.45) is 0 Å². The van der Waals surface area contributed by atoms with Gasteiger partial charge in [0.2, 0.25) is 0 Å². The largest absolute Gasteiger partial charge is 0.744 e. The summed E-state index contributed by atoms with van der Waals surface area (Å²) in [5.41, 5.74) is 2.13. The van der Waals surface area contributed by atoms with Gasteiger partial charge < -0.3 is 4.55 Å².